The molecule has 128 valence electrons. The Balaban J connectivity index is 5.51. The van der Waals surface area contributed by atoms with Crippen molar-refractivity contribution < 1.29 is 13.3 Å². The van der Waals surface area contributed by atoms with Gasteiger partial charge in [-0.3, -0.25) is 0 Å². The molecule has 0 aromatic carbocycles. The Morgan fingerprint density at radius 3 is 1.48 bits per heavy atom. The maximum absolute atomic E-state index is 6.74. The Morgan fingerprint density at radius 1 is 0.762 bits per heavy atom. The second-order valence-corrected chi connectivity index (χ2v) is 14.7. The average molecular weight is 335 g/mol. The van der Waals surface area contributed by atoms with Crippen molar-refractivity contribution in [3.05, 3.63) is 0 Å². The lowest BCUT2D eigenvalue weighted by atomic mass is 10.0. The lowest BCUT2D eigenvalue weighted by Gasteiger charge is -2.50. The monoisotopic (exact) mass is 334 g/mol. The van der Waals surface area contributed by atoms with Crippen LogP contribution in [-0.2, 0) is 13.3 Å². The smallest absolute Gasteiger partial charge is 0.331 e. The topological polar surface area (TPSA) is 27.7 Å². The van der Waals surface area contributed by atoms with E-state index in [1.807, 2.05) is 0 Å². The van der Waals surface area contributed by atoms with Gasteiger partial charge in [0, 0.05) is 7.11 Å². The molecule has 0 unspecified atom stereocenters. The van der Waals surface area contributed by atoms with Crippen molar-refractivity contribution in [2.75, 3.05) is 7.11 Å². The first kappa shape index (κ1) is 21.3. The van der Waals surface area contributed by atoms with Crippen LogP contribution in [0.4, 0.5) is 0 Å². The van der Waals surface area contributed by atoms with Crippen LogP contribution in [0, 0.1) is 0 Å². The second kappa shape index (κ2) is 7.73. The summed E-state index contributed by atoms with van der Waals surface area (Å²) >= 11 is 0. The highest BCUT2D eigenvalue weighted by atomic mass is 28.4. The molecule has 21 heavy (non-hydrogen) atoms. The third-order valence-electron chi connectivity index (χ3n) is 5.17. The van der Waals surface area contributed by atoms with E-state index in [1.165, 1.54) is 0 Å². The summed E-state index contributed by atoms with van der Waals surface area (Å²) in [5.41, 5.74) is -0.0482. The highest BCUT2D eigenvalue weighted by molar-refractivity contribution is 6.76. The summed E-state index contributed by atoms with van der Waals surface area (Å²) in [5.74, 6) is 0. The van der Waals surface area contributed by atoms with Crippen LogP contribution in [0.2, 0.25) is 26.2 Å². The molecular formula is C16H38O3Si2. The SMILES string of the molecule is CCC(C)(CC)O[Si](C)(C)C(CC)(CC)O[Si](C)(C)OC. The maximum Gasteiger partial charge on any atom is 0.331 e. The molecule has 0 heterocycles. The van der Waals surface area contributed by atoms with E-state index in [4.69, 9.17) is 13.3 Å². The van der Waals surface area contributed by atoms with Crippen molar-refractivity contribution in [1.29, 1.82) is 0 Å². The van der Waals surface area contributed by atoms with E-state index in [-0.39, 0.29) is 10.8 Å². The van der Waals surface area contributed by atoms with Crippen molar-refractivity contribution in [3.63, 3.8) is 0 Å². The molecule has 0 aromatic rings. The fraction of sp³-hybridized carbons (Fsp3) is 1.00. The first-order valence-corrected chi connectivity index (χ1v) is 14.1. The highest BCUT2D eigenvalue weighted by Gasteiger charge is 2.52. The number of hydrogen-bond acceptors (Lipinski definition) is 3. The largest absolute Gasteiger partial charge is 0.409 e. The summed E-state index contributed by atoms with van der Waals surface area (Å²) in [5, 5.41) is -0.176. The number of rotatable bonds is 10. The van der Waals surface area contributed by atoms with E-state index in [9.17, 15) is 0 Å². The summed E-state index contributed by atoms with van der Waals surface area (Å²) in [4.78, 5) is 0. The van der Waals surface area contributed by atoms with Crippen LogP contribution in [-0.4, -0.2) is 34.8 Å². The average Bonchev–Trinajstić information content (AvgIpc) is 2.43. The van der Waals surface area contributed by atoms with E-state index in [2.05, 4.69) is 60.8 Å². The molecule has 0 aliphatic carbocycles. The predicted molar refractivity (Wildman–Crippen MR) is 96.4 cm³/mol. The Labute approximate surface area is 135 Å². The van der Waals surface area contributed by atoms with Crippen molar-refractivity contribution in [2.24, 2.45) is 0 Å². The Hall–Kier alpha value is 0.314. The van der Waals surface area contributed by atoms with Gasteiger partial charge in [-0.05, 0) is 58.8 Å². The molecule has 0 bridgehead atoms. The zero-order valence-electron chi connectivity index (χ0n) is 16.1. The molecular weight excluding hydrogens is 296 g/mol. The van der Waals surface area contributed by atoms with Gasteiger partial charge < -0.3 is 13.3 Å². The fourth-order valence-electron chi connectivity index (χ4n) is 2.98. The van der Waals surface area contributed by atoms with Gasteiger partial charge in [-0.2, -0.15) is 0 Å². The van der Waals surface area contributed by atoms with Gasteiger partial charge in [0.05, 0.1) is 10.8 Å². The normalized spacial score (nSPS) is 14.6. The molecule has 0 N–H and O–H groups in total. The van der Waals surface area contributed by atoms with Crippen LogP contribution in [0.1, 0.15) is 60.3 Å². The van der Waals surface area contributed by atoms with Gasteiger partial charge in [-0.25, -0.2) is 0 Å². The predicted octanol–water partition coefficient (Wildman–Crippen LogP) is 5.25. The Morgan fingerprint density at radius 2 is 1.19 bits per heavy atom. The van der Waals surface area contributed by atoms with Crippen LogP contribution in [0.5, 0.6) is 0 Å². The lowest BCUT2D eigenvalue weighted by molar-refractivity contribution is 0.0144. The van der Waals surface area contributed by atoms with Gasteiger partial charge in [-0.1, -0.05) is 27.7 Å². The minimum atomic E-state index is -2.11. The quantitative estimate of drug-likeness (QED) is 0.511. The highest BCUT2D eigenvalue weighted by Crippen LogP contribution is 2.39. The summed E-state index contributed by atoms with van der Waals surface area (Å²) < 4.78 is 19.0. The molecule has 0 rings (SSSR count). The summed E-state index contributed by atoms with van der Waals surface area (Å²) in [6.45, 7) is 20.0. The first-order chi connectivity index (χ1) is 9.47. The molecule has 0 spiro atoms. The van der Waals surface area contributed by atoms with Crippen LogP contribution in [0.15, 0.2) is 0 Å². The van der Waals surface area contributed by atoms with Crippen LogP contribution in [0.3, 0.4) is 0 Å². The zero-order valence-corrected chi connectivity index (χ0v) is 18.1. The number of hydrogen-bond donors (Lipinski definition) is 0. The third-order valence-corrected chi connectivity index (χ3v) is 11.2. The van der Waals surface area contributed by atoms with E-state index in [0.29, 0.717) is 0 Å². The molecule has 0 fully saturated rings. The third kappa shape index (κ3) is 5.17. The Kier molecular flexibility index (Phi) is 7.84. The zero-order chi connectivity index (χ0) is 16.9. The van der Waals surface area contributed by atoms with Gasteiger partial charge in [0.1, 0.15) is 0 Å². The lowest BCUT2D eigenvalue weighted by Crippen LogP contribution is -2.64. The molecule has 0 amide bonds. The van der Waals surface area contributed by atoms with Crippen LogP contribution < -0.4 is 0 Å². The standard InChI is InChI=1S/C16H38O3Si2/c1-11-15(5,12-2)18-20(7,8)16(13-3,14-4)19-21(9,10)17-6/h11-14H2,1-10H3. The van der Waals surface area contributed by atoms with Crippen molar-refractivity contribution in [1.82, 2.24) is 0 Å². The maximum atomic E-state index is 6.74. The summed E-state index contributed by atoms with van der Waals surface area (Å²) in [7, 11) is -2.40. The molecule has 0 radical (unpaired) electrons. The molecule has 0 aliphatic rings. The fourth-order valence-corrected chi connectivity index (χ4v) is 9.43. The van der Waals surface area contributed by atoms with Gasteiger partial charge in [-0.15, -0.1) is 0 Å². The minimum absolute atomic E-state index is 0.0482. The van der Waals surface area contributed by atoms with E-state index >= 15 is 0 Å². The minimum Gasteiger partial charge on any atom is -0.409 e. The Bertz CT molecular complexity index is 309. The van der Waals surface area contributed by atoms with Gasteiger partial charge >= 0.3 is 8.56 Å². The van der Waals surface area contributed by atoms with Crippen LogP contribution in [0.25, 0.3) is 0 Å². The van der Waals surface area contributed by atoms with Gasteiger partial charge in [0.15, 0.2) is 0 Å². The molecule has 0 aliphatic heterocycles. The molecule has 0 atom stereocenters. The summed E-state index contributed by atoms with van der Waals surface area (Å²) in [6.07, 6.45) is 4.03. The molecule has 5 heteroatoms. The van der Waals surface area contributed by atoms with Crippen LogP contribution >= 0.6 is 0 Å². The molecule has 0 aromatic heterocycles. The summed E-state index contributed by atoms with van der Waals surface area (Å²) in [6, 6.07) is 0. The molecule has 0 saturated carbocycles. The first-order valence-electron chi connectivity index (χ1n) is 8.42. The molecule has 3 nitrogen and oxygen atoms in total. The van der Waals surface area contributed by atoms with E-state index < -0.39 is 16.9 Å². The van der Waals surface area contributed by atoms with Crippen molar-refractivity contribution >= 4 is 16.9 Å². The van der Waals surface area contributed by atoms with Crippen molar-refractivity contribution in [3.8, 4) is 0 Å². The van der Waals surface area contributed by atoms with Gasteiger partial charge in [0.2, 0.25) is 8.32 Å². The van der Waals surface area contributed by atoms with Crippen molar-refractivity contribution in [2.45, 2.75) is 97.3 Å². The van der Waals surface area contributed by atoms with E-state index in [0.717, 1.165) is 25.7 Å². The molecule has 0 saturated heterocycles. The van der Waals surface area contributed by atoms with Gasteiger partial charge in [0.25, 0.3) is 0 Å². The van der Waals surface area contributed by atoms with E-state index in [1.54, 1.807) is 7.11 Å². The second-order valence-electron chi connectivity index (χ2n) is 7.18.